The fourth-order valence-corrected chi connectivity index (χ4v) is 2.18. The van der Waals surface area contributed by atoms with Crippen LogP contribution >= 0.6 is 0 Å². The Morgan fingerprint density at radius 3 is 2.50 bits per heavy atom. The predicted octanol–water partition coefficient (Wildman–Crippen LogP) is 1.28. The summed E-state index contributed by atoms with van der Waals surface area (Å²) in [5, 5.41) is 0.252. The van der Waals surface area contributed by atoms with Crippen molar-refractivity contribution < 1.29 is 23.1 Å². The molecule has 2 aromatic rings. The number of carbonyl (C=O) groups excluding carboxylic acids is 2. The number of carbonyl (C=O) groups is 2. The lowest BCUT2D eigenvalue weighted by atomic mass is 10.00. The van der Waals surface area contributed by atoms with E-state index in [1.54, 1.807) is 18.2 Å². The fourth-order valence-electron chi connectivity index (χ4n) is 2.18. The second-order valence-corrected chi connectivity index (χ2v) is 4.38. The van der Waals surface area contributed by atoms with E-state index < -0.39 is 34.5 Å². The average Bonchev–Trinajstić information content (AvgIpc) is 2.42. The third-order valence-corrected chi connectivity index (χ3v) is 3.22. The van der Waals surface area contributed by atoms with Crippen molar-refractivity contribution in [2.45, 2.75) is 5.92 Å². The fraction of sp³-hybridized carbons (Fsp3) is 0.154. The van der Waals surface area contributed by atoms with Crippen LogP contribution in [-0.2, 0) is 11.8 Å². The van der Waals surface area contributed by atoms with Crippen molar-refractivity contribution in [3.05, 3.63) is 40.2 Å². The molecule has 0 saturated carbocycles. The van der Waals surface area contributed by atoms with Gasteiger partial charge in [0.25, 0.3) is 11.3 Å². The van der Waals surface area contributed by atoms with E-state index in [0.717, 1.165) is 4.57 Å². The standard InChI is InChI=1S/C13H7F2NO4/c1-16-7-5-3-2-4-6(7)9-8(11(16)18)10(17)13(14,15)12(19)20-9/h2-5H,1H3. The Kier molecular flexibility index (Phi) is 2.32. The molecule has 1 aromatic carbocycles. The molecule has 20 heavy (non-hydrogen) atoms. The molecule has 0 fully saturated rings. The molecule has 0 atom stereocenters. The molecule has 0 aliphatic carbocycles. The number of benzene rings is 1. The van der Waals surface area contributed by atoms with Gasteiger partial charge in [-0.25, -0.2) is 4.79 Å². The molecule has 1 aliphatic rings. The second kappa shape index (κ2) is 3.72. The highest BCUT2D eigenvalue weighted by molar-refractivity contribution is 6.20. The number of pyridine rings is 1. The first-order valence-corrected chi connectivity index (χ1v) is 5.62. The van der Waals surface area contributed by atoms with Crippen molar-refractivity contribution in [2.24, 2.45) is 7.05 Å². The molecule has 5 nitrogen and oxygen atoms in total. The first-order valence-electron chi connectivity index (χ1n) is 5.62. The van der Waals surface area contributed by atoms with E-state index >= 15 is 0 Å². The molecule has 2 heterocycles. The van der Waals surface area contributed by atoms with E-state index in [1.807, 2.05) is 0 Å². The van der Waals surface area contributed by atoms with Gasteiger partial charge < -0.3 is 9.30 Å². The number of esters is 1. The third-order valence-electron chi connectivity index (χ3n) is 3.22. The van der Waals surface area contributed by atoms with Gasteiger partial charge in [-0.15, -0.1) is 0 Å². The summed E-state index contributed by atoms with van der Waals surface area (Å²) in [6, 6.07) is 6.26. The van der Waals surface area contributed by atoms with Crippen LogP contribution in [0.4, 0.5) is 8.78 Å². The molecule has 7 heteroatoms. The first kappa shape index (κ1) is 12.5. The quantitative estimate of drug-likeness (QED) is 0.538. The lowest BCUT2D eigenvalue weighted by molar-refractivity contribution is -0.156. The van der Waals surface area contributed by atoms with Crippen LogP contribution in [0, 0.1) is 0 Å². The summed E-state index contributed by atoms with van der Waals surface area (Å²) in [4.78, 5) is 35.0. The Morgan fingerprint density at radius 1 is 1.15 bits per heavy atom. The number of hydrogen-bond donors (Lipinski definition) is 0. The van der Waals surface area contributed by atoms with E-state index in [2.05, 4.69) is 4.74 Å². The van der Waals surface area contributed by atoms with Gasteiger partial charge in [0.15, 0.2) is 5.75 Å². The summed E-state index contributed by atoms with van der Waals surface area (Å²) >= 11 is 0. The lowest BCUT2D eigenvalue weighted by Crippen LogP contribution is -2.48. The van der Waals surface area contributed by atoms with Crippen LogP contribution in [0.5, 0.6) is 5.75 Å². The number of aromatic nitrogens is 1. The molecule has 1 aliphatic heterocycles. The molecule has 0 unspecified atom stereocenters. The van der Waals surface area contributed by atoms with E-state index in [4.69, 9.17) is 0 Å². The number of ketones is 1. The number of para-hydroxylation sites is 1. The number of aryl methyl sites for hydroxylation is 1. The van der Waals surface area contributed by atoms with Crippen molar-refractivity contribution >= 4 is 22.7 Å². The number of Topliss-reactive ketones (excluding diaryl/α,β-unsaturated/α-hetero) is 1. The lowest BCUT2D eigenvalue weighted by Gasteiger charge is -2.23. The van der Waals surface area contributed by atoms with Crippen LogP contribution < -0.4 is 10.3 Å². The van der Waals surface area contributed by atoms with Gasteiger partial charge in [-0.2, -0.15) is 8.78 Å². The number of rotatable bonds is 0. The van der Waals surface area contributed by atoms with Gasteiger partial charge in [-0.05, 0) is 12.1 Å². The van der Waals surface area contributed by atoms with Crippen LogP contribution in [0.3, 0.4) is 0 Å². The third kappa shape index (κ3) is 1.37. The van der Waals surface area contributed by atoms with Crippen LogP contribution in [0.15, 0.2) is 29.1 Å². The molecule has 0 N–H and O–H groups in total. The number of fused-ring (bicyclic) bond motifs is 3. The maximum Gasteiger partial charge on any atom is 0.405 e. The van der Waals surface area contributed by atoms with Gasteiger partial charge >= 0.3 is 11.9 Å². The average molecular weight is 279 g/mol. The summed E-state index contributed by atoms with van der Waals surface area (Å²) < 4.78 is 32.4. The number of hydrogen-bond acceptors (Lipinski definition) is 4. The molecule has 1 aromatic heterocycles. The van der Waals surface area contributed by atoms with Crippen LogP contribution in [0.1, 0.15) is 10.4 Å². The minimum Gasteiger partial charge on any atom is -0.420 e. The Hall–Kier alpha value is -2.57. The Labute approximate surface area is 110 Å². The van der Waals surface area contributed by atoms with Crippen molar-refractivity contribution in [3.8, 4) is 5.75 Å². The van der Waals surface area contributed by atoms with Crippen LogP contribution in [-0.4, -0.2) is 22.2 Å². The highest BCUT2D eigenvalue weighted by Gasteiger charge is 2.55. The molecule has 3 rings (SSSR count). The second-order valence-electron chi connectivity index (χ2n) is 4.38. The maximum absolute atomic E-state index is 13.4. The van der Waals surface area contributed by atoms with Gasteiger partial charge in [0.2, 0.25) is 0 Å². The highest BCUT2D eigenvalue weighted by Crippen LogP contribution is 2.36. The normalized spacial score (nSPS) is 16.9. The summed E-state index contributed by atoms with van der Waals surface area (Å²) in [6.45, 7) is 0. The molecular formula is C13H7F2NO4. The zero-order valence-electron chi connectivity index (χ0n) is 10.1. The molecule has 0 bridgehead atoms. The smallest absolute Gasteiger partial charge is 0.405 e. The molecule has 0 spiro atoms. The van der Waals surface area contributed by atoms with Crippen molar-refractivity contribution in [2.75, 3.05) is 0 Å². The summed E-state index contributed by atoms with van der Waals surface area (Å²) in [5.41, 5.74) is -1.34. The van der Waals surface area contributed by atoms with Gasteiger partial charge in [0.1, 0.15) is 5.56 Å². The Morgan fingerprint density at radius 2 is 1.80 bits per heavy atom. The molecule has 0 radical (unpaired) electrons. The van der Waals surface area contributed by atoms with Gasteiger partial charge in [-0.1, -0.05) is 12.1 Å². The van der Waals surface area contributed by atoms with Gasteiger partial charge in [0, 0.05) is 12.4 Å². The Bertz CT molecular complexity index is 838. The van der Waals surface area contributed by atoms with Gasteiger partial charge in [-0.3, -0.25) is 9.59 Å². The van der Waals surface area contributed by atoms with E-state index in [9.17, 15) is 23.2 Å². The van der Waals surface area contributed by atoms with Crippen molar-refractivity contribution in [3.63, 3.8) is 0 Å². The van der Waals surface area contributed by atoms with Crippen molar-refractivity contribution in [1.82, 2.24) is 4.57 Å². The van der Waals surface area contributed by atoms with Gasteiger partial charge in [0.05, 0.1) is 5.52 Å². The highest BCUT2D eigenvalue weighted by atomic mass is 19.3. The predicted molar refractivity (Wildman–Crippen MR) is 64.1 cm³/mol. The molecule has 0 amide bonds. The van der Waals surface area contributed by atoms with Crippen LogP contribution in [0.25, 0.3) is 10.9 Å². The monoisotopic (exact) mass is 279 g/mol. The minimum atomic E-state index is -4.33. The summed E-state index contributed by atoms with van der Waals surface area (Å²) in [5.74, 6) is -8.52. The van der Waals surface area contributed by atoms with Crippen molar-refractivity contribution in [1.29, 1.82) is 0 Å². The minimum absolute atomic E-state index is 0.252. The first-order chi connectivity index (χ1) is 9.35. The summed E-state index contributed by atoms with van der Waals surface area (Å²) in [6.07, 6.45) is 0. The topological polar surface area (TPSA) is 65.4 Å². The molecule has 102 valence electrons. The SMILES string of the molecule is Cn1c(=O)c2c(c3ccccc31)OC(=O)C(F)(F)C2=O. The van der Waals surface area contributed by atoms with E-state index in [0.29, 0.717) is 5.52 Å². The van der Waals surface area contributed by atoms with Crippen LogP contribution in [0.2, 0.25) is 0 Å². The zero-order valence-corrected chi connectivity index (χ0v) is 10.1. The zero-order chi connectivity index (χ0) is 14.7. The maximum atomic E-state index is 13.4. The largest absolute Gasteiger partial charge is 0.420 e. The Balaban J connectivity index is 2.51. The van der Waals surface area contributed by atoms with E-state index in [1.165, 1.54) is 13.1 Å². The summed E-state index contributed by atoms with van der Waals surface area (Å²) in [7, 11) is 1.35. The molecular weight excluding hydrogens is 272 g/mol. The number of alkyl halides is 2. The number of nitrogens with zero attached hydrogens (tertiary/aromatic N) is 1. The number of ether oxygens (including phenoxy) is 1. The number of halogens is 2. The van der Waals surface area contributed by atoms with E-state index in [-0.39, 0.29) is 5.39 Å². The molecule has 0 saturated heterocycles.